The Morgan fingerprint density at radius 2 is 1.53 bits per heavy atom. The molecule has 1 atom stereocenters. The summed E-state index contributed by atoms with van der Waals surface area (Å²) in [6.07, 6.45) is 11.3. The molecule has 0 bridgehead atoms. The standard InChI is InChI=1S/C14H30N2O/c1-3-5-6-7-8-9-10-11-12-16-13(4-2)14(15)17/h13,16H,3-12H2,1-2H3,(H2,15,17). The Kier molecular flexibility index (Phi) is 11.5. The molecule has 3 heteroatoms. The maximum absolute atomic E-state index is 11.0. The van der Waals surface area contributed by atoms with E-state index in [9.17, 15) is 4.79 Å². The normalized spacial score (nSPS) is 12.6. The van der Waals surface area contributed by atoms with Crippen molar-refractivity contribution in [2.24, 2.45) is 5.73 Å². The number of nitrogens with one attached hydrogen (secondary N) is 1. The molecule has 0 radical (unpaired) electrons. The third kappa shape index (κ3) is 10.3. The highest BCUT2D eigenvalue weighted by Gasteiger charge is 2.10. The van der Waals surface area contributed by atoms with E-state index in [0.29, 0.717) is 0 Å². The van der Waals surface area contributed by atoms with Gasteiger partial charge in [0.1, 0.15) is 0 Å². The van der Waals surface area contributed by atoms with Crippen molar-refractivity contribution in [3.05, 3.63) is 0 Å². The molecular formula is C14H30N2O. The van der Waals surface area contributed by atoms with Gasteiger partial charge in [0.2, 0.25) is 5.91 Å². The molecule has 0 aromatic rings. The molecule has 1 amide bonds. The molecule has 0 aliphatic heterocycles. The minimum atomic E-state index is -0.230. The zero-order valence-corrected chi connectivity index (χ0v) is 11.6. The van der Waals surface area contributed by atoms with Crippen molar-refractivity contribution in [1.29, 1.82) is 0 Å². The van der Waals surface area contributed by atoms with Crippen LogP contribution in [0.25, 0.3) is 0 Å². The summed E-state index contributed by atoms with van der Waals surface area (Å²) in [5.74, 6) is -0.230. The molecule has 17 heavy (non-hydrogen) atoms. The molecule has 1 unspecified atom stereocenters. The van der Waals surface area contributed by atoms with Gasteiger partial charge in [-0.15, -0.1) is 0 Å². The molecule has 0 saturated carbocycles. The Bertz CT molecular complexity index is 183. The van der Waals surface area contributed by atoms with Crippen LogP contribution in [0.3, 0.4) is 0 Å². The molecule has 0 aliphatic rings. The van der Waals surface area contributed by atoms with Gasteiger partial charge in [0.25, 0.3) is 0 Å². The van der Waals surface area contributed by atoms with Crippen LogP contribution in [-0.2, 0) is 4.79 Å². The SMILES string of the molecule is CCCCCCCCCCNC(CC)C(N)=O. The molecule has 0 spiro atoms. The van der Waals surface area contributed by atoms with Crippen molar-refractivity contribution < 1.29 is 4.79 Å². The Morgan fingerprint density at radius 3 is 2.00 bits per heavy atom. The van der Waals surface area contributed by atoms with E-state index in [1.807, 2.05) is 6.92 Å². The van der Waals surface area contributed by atoms with E-state index >= 15 is 0 Å². The fourth-order valence-corrected chi connectivity index (χ4v) is 1.98. The highest BCUT2D eigenvalue weighted by Crippen LogP contribution is 2.07. The summed E-state index contributed by atoms with van der Waals surface area (Å²) < 4.78 is 0. The summed E-state index contributed by atoms with van der Waals surface area (Å²) in [6, 6.07) is -0.139. The average Bonchev–Trinajstić information content (AvgIpc) is 2.31. The smallest absolute Gasteiger partial charge is 0.234 e. The molecule has 0 saturated heterocycles. The highest BCUT2D eigenvalue weighted by molar-refractivity contribution is 5.79. The van der Waals surface area contributed by atoms with Crippen LogP contribution in [0.5, 0.6) is 0 Å². The monoisotopic (exact) mass is 242 g/mol. The largest absolute Gasteiger partial charge is 0.368 e. The Hall–Kier alpha value is -0.570. The number of hydrogen-bond acceptors (Lipinski definition) is 2. The second kappa shape index (κ2) is 11.9. The van der Waals surface area contributed by atoms with E-state index in [1.54, 1.807) is 0 Å². The van der Waals surface area contributed by atoms with Crippen LogP contribution in [-0.4, -0.2) is 18.5 Å². The third-order valence-corrected chi connectivity index (χ3v) is 3.17. The van der Waals surface area contributed by atoms with Crippen LogP contribution in [0.1, 0.15) is 71.6 Å². The number of carbonyl (C=O) groups is 1. The van der Waals surface area contributed by atoms with Crippen LogP contribution in [0.15, 0.2) is 0 Å². The first kappa shape index (κ1) is 16.4. The van der Waals surface area contributed by atoms with Gasteiger partial charge in [-0.2, -0.15) is 0 Å². The summed E-state index contributed by atoms with van der Waals surface area (Å²) in [5, 5.41) is 3.21. The van der Waals surface area contributed by atoms with Crippen molar-refractivity contribution in [2.45, 2.75) is 77.7 Å². The zero-order valence-electron chi connectivity index (χ0n) is 11.6. The van der Waals surface area contributed by atoms with Crippen LogP contribution in [0.4, 0.5) is 0 Å². The lowest BCUT2D eigenvalue weighted by Crippen LogP contribution is -2.41. The summed E-state index contributed by atoms with van der Waals surface area (Å²) >= 11 is 0. The lowest BCUT2D eigenvalue weighted by molar-refractivity contribution is -0.120. The predicted octanol–water partition coefficient (Wildman–Crippen LogP) is 2.98. The minimum absolute atomic E-state index is 0.139. The van der Waals surface area contributed by atoms with Crippen molar-refractivity contribution in [2.75, 3.05) is 6.54 Å². The van der Waals surface area contributed by atoms with Crippen LogP contribution in [0.2, 0.25) is 0 Å². The van der Waals surface area contributed by atoms with Crippen molar-refractivity contribution in [3.63, 3.8) is 0 Å². The number of amides is 1. The van der Waals surface area contributed by atoms with E-state index in [-0.39, 0.29) is 11.9 Å². The predicted molar refractivity (Wildman–Crippen MR) is 73.9 cm³/mol. The molecular weight excluding hydrogens is 212 g/mol. The zero-order chi connectivity index (χ0) is 12.9. The summed E-state index contributed by atoms with van der Waals surface area (Å²) in [5.41, 5.74) is 5.25. The van der Waals surface area contributed by atoms with Crippen molar-refractivity contribution >= 4 is 5.91 Å². The van der Waals surface area contributed by atoms with Crippen molar-refractivity contribution in [3.8, 4) is 0 Å². The van der Waals surface area contributed by atoms with Crippen LogP contribution >= 0.6 is 0 Å². The van der Waals surface area contributed by atoms with E-state index in [1.165, 1.54) is 44.9 Å². The number of unbranched alkanes of at least 4 members (excludes halogenated alkanes) is 7. The van der Waals surface area contributed by atoms with Gasteiger partial charge in [-0.05, 0) is 19.4 Å². The Labute approximate surface area is 107 Å². The third-order valence-electron chi connectivity index (χ3n) is 3.17. The van der Waals surface area contributed by atoms with E-state index in [2.05, 4.69) is 12.2 Å². The maximum atomic E-state index is 11.0. The topological polar surface area (TPSA) is 55.1 Å². The van der Waals surface area contributed by atoms with Gasteiger partial charge in [-0.3, -0.25) is 4.79 Å². The molecule has 3 N–H and O–H groups in total. The van der Waals surface area contributed by atoms with Gasteiger partial charge in [-0.1, -0.05) is 58.8 Å². The molecule has 0 aromatic heterocycles. The lowest BCUT2D eigenvalue weighted by atomic mass is 10.1. The first-order valence-electron chi connectivity index (χ1n) is 7.25. The molecule has 0 fully saturated rings. The van der Waals surface area contributed by atoms with E-state index in [0.717, 1.165) is 19.4 Å². The number of rotatable bonds is 12. The Balaban J connectivity index is 3.20. The molecule has 0 heterocycles. The first-order valence-corrected chi connectivity index (χ1v) is 7.25. The molecule has 0 rings (SSSR count). The molecule has 0 aromatic carbocycles. The number of hydrogen-bond donors (Lipinski definition) is 2. The van der Waals surface area contributed by atoms with E-state index in [4.69, 9.17) is 5.73 Å². The fourth-order valence-electron chi connectivity index (χ4n) is 1.98. The van der Waals surface area contributed by atoms with Gasteiger partial charge in [-0.25, -0.2) is 0 Å². The summed E-state index contributed by atoms with van der Waals surface area (Å²) in [4.78, 5) is 11.0. The number of primary amides is 1. The second-order valence-electron chi connectivity index (χ2n) is 4.79. The molecule has 3 nitrogen and oxygen atoms in total. The van der Waals surface area contributed by atoms with Crippen molar-refractivity contribution in [1.82, 2.24) is 5.32 Å². The van der Waals surface area contributed by atoms with Gasteiger partial charge in [0.05, 0.1) is 6.04 Å². The van der Waals surface area contributed by atoms with Crippen LogP contribution < -0.4 is 11.1 Å². The molecule has 102 valence electrons. The van der Waals surface area contributed by atoms with Gasteiger partial charge in [0, 0.05) is 0 Å². The number of carbonyl (C=O) groups excluding carboxylic acids is 1. The highest BCUT2D eigenvalue weighted by atomic mass is 16.1. The summed E-state index contributed by atoms with van der Waals surface area (Å²) in [6.45, 7) is 5.14. The average molecular weight is 242 g/mol. The second-order valence-corrected chi connectivity index (χ2v) is 4.79. The quantitative estimate of drug-likeness (QED) is 0.517. The van der Waals surface area contributed by atoms with Gasteiger partial charge in [0.15, 0.2) is 0 Å². The number of nitrogens with two attached hydrogens (primary N) is 1. The first-order chi connectivity index (χ1) is 8.22. The van der Waals surface area contributed by atoms with Crippen LogP contribution in [0, 0.1) is 0 Å². The van der Waals surface area contributed by atoms with E-state index < -0.39 is 0 Å². The minimum Gasteiger partial charge on any atom is -0.368 e. The van der Waals surface area contributed by atoms with Gasteiger partial charge >= 0.3 is 0 Å². The maximum Gasteiger partial charge on any atom is 0.234 e. The Morgan fingerprint density at radius 1 is 1.00 bits per heavy atom. The lowest BCUT2D eigenvalue weighted by Gasteiger charge is -2.12. The fraction of sp³-hybridized carbons (Fsp3) is 0.929. The summed E-state index contributed by atoms with van der Waals surface area (Å²) in [7, 11) is 0. The molecule has 0 aliphatic carbocycles. The van der Waals surface area contributed by atoms with Gasteiger partial charge < -0.3 is 11.1 Å².